The fourth-order valence-electron chi connectivity index (χ4n) is 11.9. The number of thioether (sulfide) groups is 2. The van der Waals surface area contributed by atoms with Crippen LogP contribution in [0.15, 0.2) is 48.5 Å². The van der Waals surface area contributed by atoms with Crippen LogP contribution in [0.2, 0.25) is 0 Å². The van der Waals surface area contributed by atoms with E-state index in [9.17, 15) is 48.6 Å². The number of nitrogens with one attached hydrogen (secondary N) is 4. The van der Waals surface area contributed by atoms with Gasteiger partial charge in [-0.05, 0) is 97.0 Å². The van der Waals surface area contributed by atoms with Crippen LogP contribution in [0.5, 0.6) is 0 Å². The number of rotatable bonds is 17. The Morgan fingerprint density at radius 3 is 1.37 bits per heavy atom. The Labute approximate surface area is 452 Å². The van der Waals surface area contributed by atoms with Gasteiger partial charge in [0.05, 0.1) is 35.0 Å². The lowest BCUT2D eigenvalue weighted by Gasteiger charge is -2.35. The van der Waals surface area contributed by atoms with Gasteiger partial charge in [-0.1, -0.05) is 76.2 Å². The van der Waals surface area contributed by atoms with Crippen LogP contribution in [0.4, 0.5) is 9.59 Å². The lowest BCUT2D eigenvalue weighted by Crippen LogP contribution is -2.58. The van der Waals surface area contributed by atoms with E-state index in [0.29, 0.717) is 76.1 Å². The molecule has 0 saturated carbocycles. The van der Waals surface area contributed by atoms with Gasteiger partial charge in [-0.3, -0.25) is 38.6 Å². The van der Waals surface area contributed by atoms with Gasteiger partial charge in [0.15, 0.2) is 0 Å². The van der Waals surface area contributed by atoms with Crippen molar-refractivity contribution >= 4 is 71.2 Å². The molecular formula is C54H74N8O12S2. The molecule has 0 radical (unpaired) electrons. The Morgan fingerprint density at radius 2 is 1.00 bits per heavy atom. The molecule has 12 atom stereocenters. The molecule has 2 aromatic rings. The van der Waals surface area contributed by atoms with Crippen LogP contribution in [0.25, 0.3) is 0 Å². The van der Waals surface area contributed by atoms with Crippen LogP contribution in [0.3, 0.4) is 0 Å². The molecule has 4 heterocycles. The number of carbonyl (C=O) groups excluding carboxylic acids is 6. The zero-order chi connectivity index (χ0) is 55.0. The van der Waals surface area contributed by atoms with E-state index in [1.54, 1.807) is 33.3 Å². The predicted molar refractivity (Wildman–Crippen MR) is 285 cm³/mol. The van der Waals surface area contributed by atoms with E-state index in [-0.39, 0.29) is 46.6 Å². The highest BCUT2D eigenvalue weighted by Gasteiger charge is 2.57. The second-order valence-corrected chi connectivity index (χ2v) is 25.0. The van der Waals surface area contributed by atoms with Gasteiger partial charge in [0, 0.05) is 40.2 Å². The fraction of sp³-hybridized carbons (Fsp3) is 0.630. The van der Waals surface area contributed by atoms with Crippen LogP contribution >= 0.6 is 23.5 Å². The van der Waals surface area contributed by atoms with E-state index in [1.165, 1.54) is 27.9 Å². The van der Waals surface area contributed by atoms with Crippen LogP contribution in [0.1, 0.15) is 114 Å². The summed E-state index contributed by atoms with van der Waals surface area (Å²) >= 11 is 3.16. The topological polar surface area (TPSA) is 257 Å². The lowest BCUT2D eigenvalue weighted by molar-refractivity contribution is -0.144. The van der Waals surface area contributed by atoms with E-state index in [2.05, 4.69) is 21.3 Å². The fourth-order valence-corrected chi connectivity index (χ4v) is 15.0. The molecule has 6 N–H and O–H groups in total. The Balaban J connectivity index is 0.881. The maximum atomic E-state index is 14.7. The van der Waals surface area contributed by atoms with Crippen molar-refractivity contribution in [1.29, 1.82) is 0 Å². The maximum absolute atomic E-state index is 14.7. The summed E-state index contributed by atoms with van der Waals surface area (Å²) in [4.78, 5) is 113. The number of fused-ring (bicyclic) bond motifs is 4. The number of ether oxygens (including phenoxy) is 2. The summed E-state index contributed by atoms with van der Waals surface area (Å²) < 4.78 is 13.2. The van der Waals surface area contributed by atoms with E-state index in [0.717, 1.165) is 32.1 Å². The molecule has 4 fully saturated rings. The van der Waals surface area contributed by atoms with Crippen molar-refractivity contribution in [1.82, 2.24) is 40.9 Å². The van der Waals surface area contributed by atoms with E-state index >= 15 is 0 Å². The summed E-state index contributed by atoms with van der Waals surface area (Å²) in [7, 11) is 2.60. The molecule has 6 aliphatic rings. The minimum atomic E-state index is -1.27. The van der Waals surface area contributed by atoms with E-state index in [1.807, 2.05) is 76.2 Å². The Bertz CT molecular complexity index is 2400. The lowest BCUT2D eigenvalue weighted by atomic mass is 9.83. The molecule has 0 aromatic heterocycles. The summed E-state index contributed by atoms with van der Waals surface area (Å²) in [6.45, 7) is 11.6. The number of amides is 8. The molecule has 22 heteroatoms. The Kier molecular flexibility index (Phi) is 17.3. The Hall–Kier alpha value is -5.58. The van der Waals surface area contributed by atoms with Gasteiger partial charge in [0.25, 0.3) is 0 Å². The summed E-state index contributed by atoms with van der Waals surface area (Å²) in [5.41, 5.74) is 2.79. The SMILES string of the molecule is CC(C(=O)N[C@H]1CCS[C@H]2CC(C)(C)[C@@H](C(=O)N[C@H]3c4ccccc4C[C@H]3OCCCCO[C@@H]3Cc4ccccc4[C@@H]3NC(=O)[C@H]3N4C(=O)[C@@H](NC(=O)C(C)N(C)C(=O)O)CCS[C@H]4CC3(C)C)N2C1=O)N(C)C(=O)O. The van der Waals surface area contributed by atoms with E-state index < -0.39 is 83.2 Å². The van der Waals surface area contributed by atoms with Crippen molar-refractivity contribution < 1.29 is 58.0 Å². The summed E-state index contributed by atoms with van der Waals surface area (Å²) in [5, 5.41) is 30.5. The number of hydrogen-bond acceptors (Lipinski definition) is 12. The first-order valence-corrected chi connectivity index (χ1v) is 28.5. The molecule has 4 saturated heterocycles. The monoisotopic (exact) mass is 1090 g/mol. The first-order valence-electron chi connectivity index (χ1n) is 26.4. The Morgan fingerprint density at radius 1 is 0.632 bits per heavy atom. The van der Waals surface area contributed by atoms with Crippen molar-refractivity contribution in [3.8, 4) is 0 Å². The third-order valence-corrected chi connectivity index (χ3v) is 18.9. The van der Waals surface area contributed by atoms with Gasteiger partial charge >= 0.3 is 12.2 Å². The van der Waals surface area contributed by atoms with Crippen molar-refractivity contribution in [3.05, 3.63) is 70.8 Å². The zero-order valence-electron chi connectivity index (χ0n) is 44.6. The quantitative estimate of drug-likeness (QED) is 0.119. The normalized spacial score (nSPS) is 28.8. The molecule has 76 heavy (non-hydrogen) atoms. The third-order valence-electron chi connectivity index (χ3n) is 16.4. The molecular weight excluding hydrogens is 1020 g/mol. The van der Waals surface area contributed by atoms with E-state index in [4.69, 9.17) is 9.47 Å². The van der Waals surface area contributed by atoms with Crippen molar-refractivity contribution in [3.63, 3.8) is 0 Å². The number of benzene rings is 2. The minimum absolute atomic E-state index is 0.284. The first kappa shape index (κ1) is 56.6. The molecule has 2 aliphatic carbocycles. The first-order chi connectivity index (χ1) is 36.0. The summed E-state index contributed by atoms with van der Waals surface area (Å²) in [6, 6.07) is 9.24. The van der Waals surface area contributed by atoms with Crippen molar-refractivity contribution in [2.75, 3.05) is 38.8 Å². The highest BCUT2D eigenvalue weighted by molar-refractivity contribution is 8.00. The zero-order valence-corrected chi connectivity index (χ0v) is 46.2. The second kappa shape index (κ2) is 23.2. The summed E-state index contributed by atoms with van der Waals surface area (Å²) in [6.07, 6.45) is 0.956. The number of carboxylic acid groups (broad SMARTS) is 2. The number of hydrogen-bond donors (Lipinski definition) is 6. The standard InChI is InChI=1S/C54H74N8O12S2/c1-29(59(7)51(69)70)45(63)55-35-19-23-75-39-27-53(3,4)43(61(39)49(35)67)47(65)57-41-33-17-11-9-15-31(33)25-37(41)73-21-13-14-22-74-38-26-32-16-10-12-18-34(32)42(38)58-48(66)44-54(5,6)28-40-62(44)50(68)36(20-24-76-40)56-46(64)30(2)60(8)52(71)72/h9-12,15-18,29-30,35-44H,13-14,19-28H2,1-8H3,(H,55,63)(H,56,64)(H,57,65)(H,58,66)(H,69,70)(H,71,72)/t29?,30?,35-,36-,37+,38+,39-,40-,41-,42-,43+,44+/m0/s1. The number of unbranched alkanes of at least 4 members (excludes halogenated alkanes) is 1. The number of nitrogens with zero attached hydrogens (tertiary/aromatic N) is 4. The molecule has 414 valence electrons. The predicted octanol–water partition coefficient (Wildman–Crippen LogP) is 4.51. The minimum Gasteiger partial charge on any atom is -0.465 e. The van der Waals surface area contributed by atoms with Gasteiger partial charge in [-0.25, -0.2) is 9.59 Å². The molecule has 20 nitrogen and oxygen atoms in total. The molecule has 4 aliphatic heterocycles. The van der Waals surface area contributed by atoms with Gasteiger partial charge in [-0.15, -0.1) is 23.5 Å². The molecule has 2 aromatic carbocycles. The third kappa shape index (κ3) is 11.6. The molecule has 8 amide bonds. The molecule has 0 bridgehead atoms. The van der Waals surface area contributed by atoms with Crippen LogP contribution in [-0.2, 0) is 51.1 Å². The molecule has 8 rings (SSSR count). The maximum Gasteiger partial charge on any atom is 0.407 e. The van der Waals surface area contributed by atoms with Gasteiger partial charge < -0.3 is 50.8 Å². The second-order valence-electron chi connectivity index (χ2n) is 22.5. The highest BCUT2D eigenvalue weighted by atomic mass is 32.2. The highest BCUT2D eigenvalue weighted by Crippen LogP contribution is 2.48. The summed E-state index contributed by atoms with van der Waals surface area (Å²) in [5.74, 6) is -1.40. The largest absolute Gasteiger partial charge is 0.465 e. The van der Waals surface area contributed by atoms with Crippen molar-refractivity contribution in [2.24, 2.45) is 10.8 Å². The average Bonchev–Trinajstić information content (AvgIpc) is 4.05. The van der Waals surface area contributed by atoms with Crippen LogP contribution in [0, 0.1) is 10.8 Å². The number of likely N-dealkylation sites (N-methyl/N-ethyl adjacent to an activating group) is 2. The van der Waals surface area contributed by atoms with Crippen LogP contribution < -0.4 is 21.3 Å². The average molecular weight is 1090 g/mol. The number of carbonyl (C=O) groups is 8. The van der Waals surface area contributed by atoms with Gasteiger partial charge in [-0.2, -0.15) is 0 Å². The van der Waals surface area contributed by atoms with Crippen molar-refractivity contribution in [2.45, 2.75) is 164 Å². The van der Waals surface area contributed by atoms with Gasteiger partial charge in [0.2, 0.25) is 35.4 Å². The molecule has 0 spiro atoms. The molecule has 2 unspecified atom stereocenters. The van der Waals surface area contributed by atoms with Crippen LogP contribution in [-0.4, -0.2) is 175 Å². The van der Waals surface area contributed by atoms with Gasteiger partial charge in [0.1, 0.15) is 36.3 Å². The smallest absolute Gasteiger partial charge is 0.407 e.